The van der Waals surface area contributed by atoms with E-state index < -0.39 is 6.03 Å². The summed E-state index contributed by atoms with van der Waals surface area (Å²) in [7, 11) is 0. The second-order valence-electron chi connectivity index (χ2n) is 2.38. The summed E-state index contributed by atoms with van der Waals surface area (Å²) in [5.74, 6) is 0. The third kappa shape index (κ3) is 0.852. The average molecular weight is 160 g/mol. The van der Waals surface area contributed by atoms with Crippen molar-refractivity contribution in [3.05, 3.63) is 30.5 Å². The number of benzene rings is 1. The summed E-state index contributed by atoms with van der Waals surface area (Å²) in [6, 6.07) is 7.52. The molecule has 1 aromatic carbocycles. The van der Waals surface area contributed by atoms with Crippen molar-refractivity contribution in [2.45, 2.75) is 0 Å². The molecular formula is C8H6N3O. The molecule has 4 nitrogen and oxygen atoms in total. The summed E-state index contributed by atoms with van der Waals surface area (Å²) in [5.41, 5.74) is 5.79. The summed E-state index contributed by atoms with van der Waals surface area (Å²) < 4.78 is 1.16. The molecule has 1 radical (unpaired) electrons. The van der Waals surface area contributed by atoms with E-state index in [0.29, 0.717) is 5.52 Å². The Morgan fingerprint density at radius 3 is 3.25 bits per heavy atom. The smallest absolute Gasteiger partial charge is 0.340 e. The lowest BCUT2D eigenvalue weighted by molar-refractivity contribution is 0.248. The number of carbonyl (C=O) groups is 1. The molecule has 0 aliphatic carbocycles. The normalized spacial score (nSPS) is 10.3. The molecule has 2 aromatic rings. The lowest BCUT2D eigenvalue weighted by atomic mass is 10.3. The molecule has 0 aliphatic heterocycles. The molecule has 0 bridgehead atoms. The van der Waals surface area contributed by atoms with Crippen LogP contribution in [0.5, 0.6) is 0 Å². The lowest BCUT2D eigenvalue weighted by Crippen LogP contribution is -2.20. The van der Waals surface area contributed by atoms with Gasteiger partial charge in [-0.05, 0) is 18.2 Å². The lowest BCUT2D eigenvalue weighted by Gasteiger charge is -1.94. The predicted octanol–water partition coefficient (Wildman–Crippen LogP) is 0.763. The minimum absolute atomic E-state index is 0.573. The van der Waals surface area contributed by atoms with Crippen LogP contribution >= 0.6 is 0 Å². The number of hydrogen-bond donors (Lipinski definition) is 1. The van der Waals surface area contributed by atoms with Gasteiger partial charge in [0.2, 0.25) is 0 Å². The maximum atomic E-state index is 10.8. The van der Waals surface area contributed by atoms with E-state index in [2.05, 4.69) is 11.2 Å². The van der Waals surface area contributed by atoms with Gasteiger partial charge in [0, 0.05) is 5.39 Å². The van der Waals surface area contributed by atoms with Crippen LogP contribution in [0.3, 0.4) is 0 Å². The maximum absolute atomic E-state index is 10.8. The monoisotopic (exact) mass is 160 g/mol. The molecule has 0 atom stereocenters. The van der Waals surface area contributed by atoms with Crippen molar-refractivity contribution < 1.29 is 4.79 Å². The number of nitrogens with two attached hydrogens (primary N) is 1. The number of fused-ring (bicyclic) bond motifs is 1. The standard InChI is InChI=1S/C8H6N3O/c9-8(12)11-7-4-2-1-3-6(7)5-10-11/h2-5H,(H2,9,12). The first kappa shape index (κ1) is 6.84. The molecule has 4 heteroatoms. The number of amides is 1. The molecule has 59 valence electrons. The molecule has 1 heterocycles. The molecule has 1 amide bonds. The van der Waals surface area contributed by atoms with E-state index >= 15 is 0 Å². The molecule has 0 saturated carbocycles. The number of rotatable bonds is 0. The molecule has 0 unspecified atom stereocenters. The summed E-state index contributed by atoms with van der Waals surface area (Å²) in [5, 5.41) is 4.67. The average Bonchev–Trinajstić information content (AvgIpc) is 2.47. The summed E-state index contributed by atoms with van der Waals surface area (Å²) >= 11 is 0. The Balaban J connectivity index is 2.79. The first-order valence-corrected chi connectivity index (χ1v) is 3.42. The second kappa shape index (κ2) is 2.34. The molecule has 0 saturated heterocycles. The Labute approximate surface area is 68.6 Å². The zero-order valence-corrected chi connectivity index (χ0v) is 6.19. The Bertz CT molecular complexity index is 433. The van der Waals surface area contributed by atoms with Gasteiger partial charge < -0.3 is 5.73 Å². The van der Waals surface area contributed by atoms with Crippen LogP contribution in [-0.4, -0.2) is 15.8 Å². The zero-order chi connectivity index (χ0) is 8.55. The van der Waals surface area contributed by atoms with Crippen molar-refractivity contribution in [1.82, 2.24) is 9.78 Å². The molecule has 0 aliphatic rings. The van der Waals surface area contributed by atoms with Gasteiger partial charge in [0.15, 0.2) is 0 Å². The molecular weight excluding hydrogens is 154 g/mol. The van der Waals surface area contributed by atoms with Crippen molar-refractivity contribution in [2.24, 2.45) is 5.73 Å². The molecule has 2 N–H and O–H groups in total. The summed E-state index contributed by atoms with van der Waals surface area (Å²) in [6.07, 6.45) is 1.58. The van der Waals surface area contributed by atoms with Crippen LogP contribution in [-0.2, 0) is 0 Å². The van der Waals surface area contributed by atoms with Crippen LogP contribution in [0.25, 0.3) is 10.9 Å². The Kier molecular flexibility index (Phi) is 1.33. The maximum Gasteiger partial charge on any atom is 0.340 e. The molecule has 12 heavy (non-hydrogen) atoms. The number of hydrogen-bond acceptors (Lipinski definition) is 2. The highest BCUT2D eigenvalue weighted by Crippen LogP contribution is 2.10. The largest absolute Gasteiger partial charge is 0.350 e. The highest BCUT2D eigenvalue weighted by atomic mass is 16.2. The van der Waals surface area contributed by atoms with E-state index in [1.165, 1.54) is 0 Å². The highest BCUT2D eigenvalue weighted by Gasteiger charge is 2.04. The zero-order valence-electron chi connectivity index (χ0n) is 6.19. The van der Waals surface area contributed by atoms with Gasteiger partial charge in [0.1, 0.15) is 0 Å². The van der Waals surface area contributed by atoms with Crippen LogP contribution in [0.2, 0.25) is 0 Å². The van der Waals surface area contributed by atoms with E-state index in [1.807, 2.05) is 0 Å². The number of primary amides is 1. The van der Waals surface area contributed by atoms with E-state index in [4.69, 9.17) is 5.73 Å². The van der Waals surface area contributed by atoms with Gasteiger partial charge >= 0.3 is 6.03 Å². The minimum Gasteiger partial charge on any atom is -0.350 e. The first-order valence-electron chi connectivity index (χ1n) is 3.42. The molecule has 2 rings (SSSR count). The van der Waals surface area contributed by atoms with Gasteiger partial charge in [-0.1, -0.05) is 6.07 Å². The van der Waals surface area contributed by atoms with E-state index in [1.54, 1.807) is 24.4 Å². The van der Waals surface area contributed by atoms with Crippen molar-refractivity contribution in [3.63, 3.8) is 0 Å². The molecule has 0 fully saturated rings. The van der Waals surface area contributed by atoms with Crippen LogP contribution in [0.4, 0.5) is 4.79 Å². The van der Waals surface area contributed by atoms with E-state index in [9.17, 15) is 4.79 Å². The SMILES string of the molecule is NC(=O)n1ncc2c[c]ccc21. The highest BCUT2D eigenvalue weighted by molar-refractivity contribution is 5.88. The van der Waals surface area contributed by atoms with E-state index in [-0.39, 0.29) is 0 Å². The van der Waals surface area contributed by atoms with Gasteiger partial charge in [-0.2, -0.15) is 9.78 Å². The number of carbonyl (C=O) groups excluding carboxylic acids is 1. The fraction of sp³-hybridized carbons (Fsp3) is 0. The Hall–Kier alpha value is -1.84. The quantitative estimate of drug-likeness (QED) is 0.618. The van der Waals surface area contributed by atoms with Gasteiger partial charge in [-0.15, -0.1) is 0 Å². The van der Waals surface area contributed by atoms with E-state index in [0.717, 1.165) is 10.1 Å². The Morgan fingerprint density at radius 2 is 2.50 bits per heavy atom. The van der Waals surface area contributed by atoms with Gasteiger partial charge in [-0.3, -0.25) is 0 Å². The summed E-state index contributed by atoms with van der Waals surface area (Å²) in [4.78, 5) is 10.8. The first-order chi connectivity index (χ1) is 5.79. The summed E-state index contributed by atoms with van der Waals surface area (Å²) in [6.45, 7) is 0. The van der Waals surface area contributed by atoms with Crippen LogP contribution in [0.15, 0.2) is 24.4 Å². The third-order valence-corrected chi connectivity index (χ3v) is 1.62. The Morgan fingerprint density at radius 1 is 1.67 bits per heavy atom. The fourth-order valence-corrected chi connectivity index (χ4v) is 1.09. The fourth-order valence-electron chi connectivity index (χ4n) is 1.09. The third-order valence-electron chi connectivity index (χ3n) is 1.62. The van der Waals surface area contributed by atoms with Crippen molar-refractivity contribution in [3.8, 4) is 0 Å². The van der Waals surface area contributed by atoms with Crippen molar-refractivity contribution in [1.29, 1.82) is 0 Å². The topological polar surface area (TPSA) is 60.9 Å². The predicted molar refractivity (Wildman–Crippen MR) is 43.6 cm³/mol. The molecule has 1 aromatic heterocycles. The number of aromatic nitrogens is 2. The van der Waals surface area contributed by atoms with Gasteiger partial charge in [0.05, 0.1) is 11.7 Å². The van der Waals surface area contributed by atoms with Crippen LogP contribution in [0, 0.1) is 6.07 Å². The van der Waals surface area contributed by atoms with Gasteiger partial charge in [0.25, 0.3) is 0 Å². The van der Waals surface area contributed by atoms with Crippen molar-refractivity contribution >= 4 is 16.9 Å². The van der Waals surface area contributed by atoms with Crippen LogP contribution in [0.1, 0.15) is 0 Å². The molecule has 0 spiro atoms. The van der Waals surface area contributed by atoms with Crippen LogP contribution < -0.4 is 5.73 Å². The number of nitrogens with zero attached hydrogens (tertiary/aromatic N) is 2. The van der Waals surface area contributed by atoms with Crippen molar-refractivity contribution in [2.75, 3.05) is 0 Å². The minimum atomic E-state index is -0.573. The van der Waals surface area contributed by atoms with Gasteiger partial charge in [-0.25, -0.2) is 4.79 Å². The second-order valence-corrected chi connectivity index (χ2v) is 2.38.